The molecule has 2 aromatic carbocycles. The van der Waals surface area contributed by atoms with Crippen LogP contribution in [-0.4, -0.2) is 10.9 Å². The lowest BCUT2D eigenvalue weighted by Crippen LogP contribution is -2.12. The zero-order valence-corrected chi connectivity index (χ0v) is 11.9. The minimum atomic E-state index is -0.720. The molecule has 1 unspecified atom stereocenters. The molecule has 6 heteroatoms. The van der Waals surface area contributed by atoms with Crippen LogP contribution in [0.2, 0.25) is 0 Å². The molecule has 0 bridgehead atoms. The van der Waals surface area contributed by atoms with Crippen molar-refractivity contribution in [3.8, 4) is 5.75 Å². The number of carbonyl (C=O) groups is 1. The van der Waals surface area contributed by atoms with E-state index in [2.05, 4.69) is 0 Å². The van der Waals surface area contributed by atoms with Gasteiger partial charge in [-0.15, -0.1) is 0 Å². The van der Waals surface area contributed by atoms with Crippen LogP contribution in [0.15, 0.2) is 48.5 Å². The average molecular weight is 303 g/mol. The van der Waals surface area contributed by atoms with E-state index in [-0.39, 0.29) is 18.1 Å². The molecule has 0 spiro atoms. The normalized spacial score (nSPS) is 11.7. The minimum Gasteiger partial charge on any atom is -0.419 e. The lowest BCUT2D eigenvalue weighted by atomic mass is 9.98. The summed E-state index contributed by atoms with van der Waals surface area (Å²) in [7, 11) is 0. The topological polar surface area (TPSA) is 69.4 Å². The van der Waals surface area contributed by atoms with E-state index in [1.165, 1.54) is 0 Å². The van der Waals surface area contributed by atoms with E-state index in [9.17, 15) is 19.3 Å². The van der Waals surface area contributed by atoms with Gasteiger partial charge < -0.3 is 4.74 Å². The summed E-state index contributed by atoms with van der Waals surface area (Å²) in [5, 5.41) is 10.9. The number of nitro groups is 1. The summed E-state index contributed by atoms with van der Waals surface area (Å²) in [5.41, 5.74) is 0.510. The van der Waals surface area contributed by atoms with Crippen molar-refractivity contribution in [2.24, 2.45) is 0 Å². The number of ether oxygens (including phenoxy) is 1. The van der Waals surface area contributed by atoms with E-state index in [4.69, 9.17) is 4.74 Å². The molecule has 0 saturated heterocycles. The maximum atomic E-state index is 13.2. The third kappa shape index (κ3) is 3.88. The fourth-order valence-electron chi connectivity index (χ4n) is 2.03. The van der Waals surface area contributed by atoms with Crippen molar-refractivity contribution in [1.29, 1.82) is 0 Å². The zero-order valence-electron chi connectivity index (χ0n) is 11.9. The molecule has 0 aromatic heterocycles. The molecule has 0 aliphatic rings. The fourth-order valence-corrected chi connectivity index (χ4v) is 2.03. The molecule has 0 aliphatic carbocycles. The number of nitro benzene ring substituents is 1. The molecule has 0 fully saturated rings. The Morgan fingerprint density at radius 2 is 1.95 bits per heavy atom. The zero-order chi connectivity index (χ0) is 16.1. The summed E-state index contributed by atoms with van der Waals surface area (Å²) in [5.74, 6) is -1.84. The van der Waals surface area contributed by atoms with Gasteiger partial charge in [-0.1, -0.05) is 37.3 Å². The maximum absolute atomic E-state index is 13.2. The molecule has 2 aromatic rings. The number of carbonyl (C=O) groups excluding carboxylic acids is 1. The second-order valence-corrected chi connectivity index (χ2v) is 4.86. The van der Waals surface area contributed by atoms with Crippen molar-refractivity contribution in [2.75, 3.05) is 0 Å². The number of hydrogen-bond acceptors (Lipinski definition) is 4. The SMILES string of the molecule is CC(CC(=O)Oc1cc(F)ccc1[N+](=O)[O-])c1ccccc1. The molecular formula is C16H14FNO4. The third-order valence-electron chi connectivity index (χ3n) is 3.18. The molecule has 0 radical (unpaired) electrons. The Kier molecular flexibility index (Phi) is 4.83. The Bertz CT molecular complexity index is 688. The van der Waals surface area contributed by atoms with Crippen LogP contribution in [0, 0.1) is 15.9 Å². The Hall–Kier alpha value is -2.76. The van der Waals surface area contributed by atoms with Gasteiger partial charge in [0.15, 0.2) is 0 Å². The largest absolute Gasteiger partial charge is 0.419 e. The number of esters is 1. The van der Waals surface area contributed by atoms with E-state index >= 15 is 0 Å². The van der Waals surface area contributed by atoms with Crippen LogP contribution in [0.5, 0.6) is 5.75 Å². The molecule has 0 N–H and O–H groups in total. The molecular weight excluding hydrogens is 289 g/mol. The molecule has 22 heavy (non-hydrogen) atoms. The lowest BCUT2D eigenvalue weighted by Gasteiger charge is -2.11. The van der Waals surface area contributed by atoms with E-state index in [1.54, 1.807) is 0 Å². The van der Waals surface area contributed by atoms with Crippen LogP contribution in [0.3, 0.4) is 0 Å². The van der Waals surface area contributed by atoms with Gasteiger partial charge in [-0.05, 0) is 17.5 Å². The van der Waals surface area contributed by atoms with Gasteiger partial charge in [-0.3, -0.25) is 14.9 Å². The van der Waals surface area contributed by atoms with Crippen molar-refractivity contribution >= 4 is 11.7 Å². The number of hydrogen-bond donors (Lipinski definition) is 0. The van der Waals surface area contributed by atoms with Crippen molar-refractivity contribution in [1.82, 2.24) is 0 Å². The highest BCUT2D eigenvalue weighted by Gasteiger charge is 2.20. The van der Waals surface area contributed by atoms with Gasteiger partial charge in [0.1, 0.15) is 5.82 Å². The Morgan fingerprint density at radius 1 is 1.27 bits per heavy atom. The third-order valence-corrected chi connectivity index (χ3v) is 3.18. The van der Waals surface area contributed by atoms with Crippen LogP contribution in [0.4, 0.5) is 10.1 Å². The highest BCUT2D eigenvalue weighted by atomic mass is 19.1. The summed E-state index contributed by atoms with van der Waals surface area (Å²) in [6.45, 7) is 1.84. The molecule has 1 atom stereocenters. The Labute approximate surface area is 126 Å². The van der Waals surface area contributed by atoms with Crippen molar-refractivity contribution in [2.45, 2.75) is 19.3 Å². The molecule has 0 saturated carbocycles. The first-order valence-electron chi connectivity index (χ1n) is 6.67. The highest BCUT2D eigenvalue weighted by Crippen LogP contribution is 2.28. The summed E-state index contributed by atoms with van der Waals surface area (Å²) in [6.07, 6.45) is 0.0394. The molecule has 2 rings (SSSR count). The van der Waals surface area contributed by atoms with Crippen molar-refractivity contribution in [3.05, 3.63) is 70.0 Å². The van der Waals surface area contributed by atoms with Gasteiger partial charge in [0.2, 0.25) is 5.75 Å². The molecule has 5 nitrogen and oxygen atoms in total. The quantitative estimate of drug-likeness (QED) is 0.364. The molecule has 0 amide bonds. The number of rotatable bonds is 5. The van der Waals surface area contributed by atoms with E-state index < -0.39 is 22.4 Å². The summed E-state index contributed by atoms with van der Waals surface area (Å²) in [6, 6.07) is 12.1. The fraction of sp³-hybridized carbons (Fsp3) is 0.188. The predicted molar refractivity (Wildman–Crippen MR) is 78.2 cm³/mol. The first kappa shape index (κ1) is 15.6. The maximum Gasteiger partial charge on any atom is 0.312 e. The predicted octanol–water partition coefficient (Wildman–Crippen LogP) is 3.83. The first-order chi connectivity index (χ1) is 10.5. The standard InChI is InChI=1S/C16H14FNO4/c1-11(12-5-3-2-4-6-12)9-16(19)22-15-10-13(17)7-8-14(15)18(20)21/h2-8,10-11H,9H2,1H3. The summed E-state index contributed by atoms with van der Waals surface area (Å²) < 4.78 is 18.1. The molecule has 0 aliphatic heterocycles. The highest BCUT2D eigenvalue weighted by molar-refractivity contribution is 5.74. The van der Waals surface area contributed by atoms with Gasteiger partial charge >= 0.3 is 11.7 Å². The molecule has 0 heterocycles. The van der Waals surface area contributed by atoms with Gasteiger partial charge in [-0.25, -0.2) is 4.39 Å². The minimum absolute atomic E-state index is 0.0394. The Morgan fingerprint density at radius 3 is 2.59 bits per heavy atom. The summed E-state index contributed by atoms with van der Waals surface area (Å²) in [4.78, 5) is 22.0. The van der Waals surface area contributed by atoms with E-state index in [0.717, 1.165) is 23.8 Å². The number of nitrogens with zero attached hydrogens (tertiary/aromatic N) is 1. The first-order valence-corrected chi connectivity index (χ1v) is 6.67. The van der Waals surface area contributed by atoms with Crippen molar-refractivity contribution < 1.29 is 18.8 Å². The molecule has 114 valence electrons. The van der Waals surface area contributed by atoms with Gasteiger partial charge in [-0.2, -0.15) is 0 Å². The van der Waals surface area contributed by atoms with Crippen LogP contribution < -0.4 is 4.74 Å². The second-order valence-electron chi connectivity index (χ2n) is 4.86. The van der Waals surface area contributed by atoms with Gasteiger partial charge in [0.25, 0.3) is 0 Å². The average Bonchev–Trinajstić information content (AvgIpc) is 2.47. The van der Waals surface area contributed by atoms with Crippen LogP contribution in [0.1, 0.15) is 24.8 Å². The Balaban J connectivity index is 2.09. The van der Waals surface area contributed by atoms with Crippen LogP contribution in [-0.2, 0) is 4.79 Å². The summed E-state index contributed by atoms with van der Waals surface area (Å²) >= 11 is 0. The smallest absolute Gasteiger partial charge is 0.312 e. The number of halogens is 1. The lowest BCUT2D eigenvalue weighted by molar-refractivity contribution is -0.385. The van der Waals surface area contributed by atoms with Gasteiger partial charge in [0, 0.05) is 12.1 Å². The van der Waals surface area contributed by atoms with E-state index in [1.807, 2.05) is 37.3 Å². The van der Waals surface area contributed by atoms with Crippen LogP contribution >= 0.6 is 0 Å². The second kappa shape index (κ2) is 6.80. The number of benzene rings is 2. The van der Waals surface area contributed by atoms with E-state index in [0.29, 0.717) is 0 Å². The van der Waals surface area contributed by atoms with Gasteiger partial charge in [0.05, 0.1) is 11.3 Å². The monoisotopic (exact) mass is 303 g/mol. The van der Waals surface area contributed by atoms with Crippen molar-refractivity contribution in [3.63, 3.8) is 0 Å². The van der Waals surface area contributed by atoms with Crippen LogP contribution in [0.25, 0.3) is 0 Å².